The third kappa shape index (κ3) is 3.48. The molecule has 20 heavy (non-hydrogen) atoms. The third-order valence-corrected chi connectivity index (χ3v) is 3.72. The van der Waals surface area contributed by atoms with E-state index in [1.807, 2.05) is 26.2 Å². The maximum atomic E-state index is 12.5. The maximum Gasteiger partial charge on any atom is 0.257 e. The van der Waals surface area contributed by atoms with Crippen LogP contribution in [-0.4, -0.2) is 56.1 Å². The lowest BCUT2D eigenvalue weighted by Gasteiger charge is -2.29. The molecule has 1 N–H and O–H groups in total. The Morgan fingerprint density at radius 1 is 1.40 bits per heavy atom. The van der Waals surface area contributed by atoms with Crippen LogP contribution >= 0.6 is 0 Å². The van der Waals surface area contributed by atoms with Crippen molar-refractivity contribution in [3.63, 3.8) is 0 Å². The molecule has 110 valence electrons. The van der Waals surface area contributed by atoms with Gasteiger partial charge in [0.05, 0.1) is 5.56 Å². The average Bonchev–Trinajstić information content (AvgIpc) is 2.52. The molecule has 5 nitrogen and oxygen atoms in total. The number of likely N-dealkylation sites (N-methyl/N-ethyl adjacent to an activating group) is 2. The zero-order valence-electron chi connectivity index (χ0n) is 12.4. The average molecular weight is 276 g/mol. The lowest BCUT2D eigenvalue weighted by molar-refractivity contribution is 0.0797. The van der Waals surface area contributed by atoms with Crippen LogP contribution in [0.3, 0.4) is 0 Å². The number of carbonyl (C=O) groups is 1. The van der Waals surface area contributed by atoms with Gasteiger partial charge in [-0.05, 0) is 38.4 Å². The maximum absolute atomic E-state index is 12.5. The molecular weight excluding hydrogens is 252 g/mol. The van der Waals surface area contributed by atoms with Gasteiger partial charge in [0.25, 0.3) is 5.91 Å². The van der Waals surface area contributed by atoms with Crippen molar-refractivity contribution < 1.29 is 4.79 Å². The van der Waals surface area contributed by atoms with Gasteiger partial charge in [0, 0.05) is 39.4 Å². The number of nitrogens with zero attached hydrogens (tertiary/aromatic N) is 3. The fraction of sp³-hybridized carbons (Fsp3) is 0.600. The Morgan fingerprint density at radius 2 is 2.15 bits per heavy atom. The van der Waals surface area contributed by atoms with Gasteiger partial charge in [0.15, 0.2) is 0 Å². The highest BCUT2D eigenvalue weighted by atomic mass is 16.2. The van der Waals surface area contributed by atoms with Gasteiger partial charge in [-0.1, -0.05) is 0 Å². The summed E-state index contributed by atoms with van der Waals surface area (Å²) in [5.41, 5.74) is 0.716. The number of piperidine rings is 1. The molecule has 1 aromatic heterocycles. The van der Waals surface area contributed by atoms with Gasteiger partial charge in [0.1, 0.15) is 5.82 Å². The minimum atomic E-state index is 0.0499. The summed E-state index contributed by atoms with van der Waals surface area (Å²) < 4.78 is 0. The van der Waals surface area contributed by atoms with Gasteiger partial charge in [-0.3, -0.25) is 4.79 Å². The summed E-state index contributed by atoms with van der Waals surface area (Å²) in [6, 6.07) is 3.72. The Hall–Kier alpha value is -1.62. The van der Waals surface area contributed by atoms with E-state index in [-0.39, 0.29) is 5.91 Å². The van der Waals surface area contributed by atoms with Crippen LogP contribution in [0.25, 0.3) is 0 Å². The third-order valence-electron chi connectivity index (χ3n) is 3.72. The number of anilines is 1. The summed E-state index contributed by atoms with van der Waals surface area (Å²) in [5, 5.41) is 3.06. The summed E-state index contributed by atoms with van der Waals surface area (Å²) in [6.07, 6.45) is 5.41. The largest absolute Gasteiger partial charge is 0.356 e. The second-order valence-corrected chi connectivity index (χ2v) is 5.25. The van der Waals surface area contributed by atoms with Crippen molar-refractivity contribution in [1.29, 1.82) is 0 Å². The van der Waals surface area contributed by atoms with Crippen LogP contribution in [-0.2, 0) is 0 Å². The molecule has 2 rings (SSSR count). The smallest absolute Gasteiger partial charge is 0.257 e. The summed E-state index contributed by atoms with van der Waals surface area (Å²) >= 11 is 0. The highest BCUT2D eigenvalue weighted by Crippen LogP contribution is 2.22. The lowest BCUT2D eigenvalue weighted by Crippen LogP contribution is -2.36. The monoisotopic (exact) mass is 276 g/mol. The molecule has 0 spiro atoms. The van der Waals surface area contributed by atoms with Crippen molar-refractivity contribution in [1.82, 2.24) is 15.2 Å². The highest BCUT2D eigenvalue weighted by Gasteiger charge is 2.21. The molecule has 1 amide bonds. The SMILES string of the molecule is CNCCN(C)C(=O)c1cccnc1N1CCCCC1. The Morgan fingerprint density at radius 3 is 2.85 bits per heavy atom. The molecule has 0 saturated carbocycles. The first-order valence-electron chi connectivity index (χ1n) is 7.34. The topological polar surface area (TPSA) is 48.5 Å². The second kappa shape index (κ2) is 7.24. The number of pyridine rings is 1. The van der Waals surface area contributed by atoms with Crippen LogP contribution in [0.2, 0.25) is 0 Å². The van der Waals surface area contributed by atoms with Gasteiger partial charge < -0.3 is 15.1 Å². The molecule has 0 atom stereocenters. The first-order chi connectivity index (χ1) is 9.74. The molecule has 0 radical (unpaired) electrons. The first kappa shape index (κ1) is 14.8. The van der Waals surface area contributed by atoms with E-state index in [0.717, 1.165) is 25.5 Å². The number of carbonyl (C=O) groups excluding carboxylic acids is 1. The van der Waals surface area contributed by atoms with Gasteiger partial charge in [-0.15, -0.1) is 0 Å². The Bertz CT molecular complexity index is 443. The van der Waals surface area contributed by atoms with Crippen molar-refractivity contribution in [2.75, 3.05) is 45.2 Å². The summed E-state index contributed by atoms with van der Waals surface area (Å²) in [6.45, 7) is 3.49. The Labute approximate surface area is 121 Å². The molecule has 0 aromatic carbocycles. The summed E-state index contributed by atoms with van der Waals surface area (Å²) in [7, 11) is 3.73. The zero-order chi connectivity index (χ0) is 14.4. The molecule has 1 aromatic rings. The summed E-state index contributed by atoms with van der Waals surface area (Å²) in [4.78, 5) is 21.0. The van der Waals surface area contributed by atoms with E-state index in [1.54, 1.807) is 11.1 Å². The molecule has 1 aliphatic heterocycles. The van der Waals surface area contributed by atoms with Crippen LogP contribution in [0.1, 0.15) is 29.6 Å². The van der Waals surface area contributed by atoms with Gasteiger partial charge >= 0.3 is 0 Å². The first-order valence-corrected chi connectivity index (χ1v) is 7.34. The Kier molecular flexibility index (Phi) is 5.35. The molecule has 1 fully saturated rings. The van der Waals surface area contributed by atoms with Crippen LogP contribution in [0.5, 0.6) is 0 Å². The number of nitrogens with one attached hydrogen (secondary N) is 1. The molecule has 5 heteroatoms. The number of hydrogen-bond acceptors (Lipinski definition) is 4. The predicted octanol–water partition coefficient (Wildman–Crippen LogP) is 1.36. The zero-order valence-corrected chi connectivity index (χ0v) is 12.4. The quantitative estimate of drug-likeness (QED) is 0.882. The number of aromatic nitrogens is 1. The Balaban J connectivity index is 2.16. The number of amides is 1. The van der Waals surface area contributed by atoms with Gasteiger partial charge in [0.2, 0.25) is 0 Å². The fourth-order valence-corrected chi connectivity index (χ4v) is 2.51. The highest BCUT2D eigenvalue weighted by molar-refractivity contribution is 5.98. The van der Waals surface area contributed by atoms with E-state index in [4.69, 9.17) is 0 Å². The number of hydrogen-bond donors (Lipinski definition) is 1. The van der Waals surface area contributed by atoms with E-state index < -0.39 is 0 Å². The second-order valence-electron chi connectivity index (χ2n) is 5.25. The molecular formula is C15H24N4O. The number of rotatable bonds is 5. The summed E-state index contributed by atoms with van der Waals surface area (Å²) in [5.74, 6) is 0.891. The van der Waals surface area contributed by atoms with Crippen LogP contribution in [0.15, 0.2) is 18.3 Å². The van der Waals surface area contributed by atoms with E-state index in [2.05, 4.69) is 15.2 Å². The van der Waals surface area contributed by atoms with Crippen LogP contribution in [0.4, 0.5) is 5.82 Å². The van der Waals surface area contributed by atoms with Crippen LogP contribution < -0.4 is 10.2 Å². The van der Waals surface area contributed by atoms with Crippen molar-refractivity contribution >= 4 is 11.7 Å². The van der Waals surface area contributed by atoms with Crippen molar-refractivity contribution in [3.05, 3.63) is 23.9 Å². The van der Waals surface area contributed by atoms with E-state index in [0.29, 0.717) is 12.1 Å². The minimum absolute atomic E-state index is 0.0499. The van der Waals surface area contributed by atoms with Gasteiger partial charge in [-0.25, -0.2) is 4.98 Å². The van der Waals surface area contributed by atoms with E-state index in [1.165, 1.54) is 19.3 Å². The minimum Gasteiger partial charge on any atom is -0.356 e. The fourth-order valence-electron chi connectivity index (χ4n) is 2.51. The predicted molar refractivity (Wildman–Crippen MR) is 81.2 cm³/mol. The molecule has 0 unspecified atom stereocenters. The van der Waals surface area contributed by atoms with Crippen molar-refractivity contribution in [2.45, 2.75) is 19.3 Å². The molecule has 0 bridgehead atoms. The lowest BCUT2D eigenvalue weighted by atomic mass is 10.1. The van der Waals surface area contributed by atoms with Gasteiger partial charge in [-0.2, -0.15) is 0 Å². The van der Waals surface area contributed by atoms with Crippen molar-refractivity contribution in [2.24, 2.45) is 0 Å². The van der Waals surface area contributed by atoms with E-state index >= 15 is 0 Å². The standard InChI is InChI=1S/C15H24N4O/c1-16-9-12-18(2)15(20)13-7-6-8-17-14(13)19-10-4-3-5-11-19/h6-8,16H,3-5,9-12H2,1-2H3. The molecule has 0 aliphatic carbocycles. The molecule has 1 saturated heterocycles. The molecule has 1 aliphatic rings. The normalized spacial score (nSPS) is 15.2. The van der Waals surface area contributed by atoms with Crippen molar-refractivity contribution in [3.8, 4) is 0 Å². The molecule has 2 heterocycles. The van der Waals surface area contributed by atoms with E-state index in [9.17, 15) is 4.79 Å². The van der Waals surface area contributed by atoms with Crippen LogP contribution in [0, 0.1) is 0 Å².